The van der Waals surface area contributed by atoms with Crippen LogP contribution in [0.3, 0.4) is 0 Å². The van der Waals surface area contributed by atoms with Gasteiger partial charge in [-0.05, 0) is 26.7 Å². The fraction of sp³-hybridized carbons (Fsp3) is 0.500. The third-order valence-electron chi connectivity index (χ3n) is 1.97. The van der Waals surface area contributed by atoms with Crippen molar-refractivity contribution < 1.29 is 0 Å². The van der Waals surface area contributed by atoms with Crippen molar-refractivity contribution in [3.8, 4) is 0 Å². The van der Waals surface area contributed by atoms with Gasteiger partial charge in [-0.2, -0.15) is 0 Å². The highest BCUT2D eigenvalue weighted by Crippen LogP contribution is 2.02. The Hall–Kier alpha value is -0.980. The first-order valence-corrected chi connectivity index (χ1v) is 4.94. The van der Waals surface area contributed by atoms with Gasteiger partial charge in [-0.3, -0.25) is 0 Å². The van der Waals surface area contributed by atoms with E-state index in [9.17, 15) is 0 Å². The largest absolute Gasteiger partial charge is 0.388 e. The summed E-state index contributed by atoms with van der Waals surface area (Å²) in [6.45, 7) is 11.1. The summed E-state index contributed by atoms with van der Waals surface area (Å²) in [6.07, 6.45) is 8.45. The van der Waals surface area contributed by atoms with E-state index < -0.39 is 0 Å². The zero-order valence-electron chi connectivity index (χ0n) is 9.06. The molecule has 0 fully saturated rings. The van der Waals surface area contributed by atoms with Gasteiger partial charge >= 0.3 is 0 Å². The highest BCUT2D eigenvalue weighted by atomic mass is 14.9. The van der Waals surface area contributed by atoms with E-state index in [-0.39, 0.29) is 0 Å². The Balaban J connectivity index is 3.68. The number of hydrogen-bond acceptors (Lipinski definition) is 1. The van der Waals surface area contributed by atoms with Gasteiger partial charge in [0, 0.05) is 12.2 Å². The molecule has 0 bridgehead atoms. The molecule has 1 heteroatoms. The molecule has 0 radical (unpaired) electrons. The maximum Gasteiger partial charge on any atom is 0.0184 e. The van der Waals surface area contributed by atoms with Crippen molar-refractivity contribution in [2.24, 2.45) is 0 Å². The Bertz CT molecular complexity index is 199. The Morgan fingerprint density at radius 3 is 2.54 bits per heavy atom. The Morgan fingerprint density at radius 2 is 2.08 bits per heavy atom. The average molecular weight is 179 g/mol. The fourth-order valence-electron chi connectivity index (χ4n) is 1.05. The lowest BCUT2D eigenvalue weighted by Gasteiger charge is -2.07. The van der Waals surface area contributed by atoms with E-state index >= 15 is 0 Å². The SMILES string of the molecule is C=C(CC)NCCC(/C=C\C)=C/C. The molecule has 0 aromatic carbocycles. The van der Waals surface area contributed by atoms with Crippen molar-refractivity contribution in [1.82, 2.24) is 5.32 Å². The number of hydrogen-bond donors (Lipinski definition) is 1. The standard InChI is InChI=1S/C12H21N/c1-5-8-12(7-3)9-10-13-11(4)6-2/h5,7-8,13H,4,6,9-10H2,1-3H3/b8-5-,12-7+. The van der Waals surface area contributed by atoms with Gasteiger partial charge in [0.15, 0.2) is 0 Å². The molecule has 74 valence electrons. The summed E-state index contributed by atoms with van der Waals surface area (Å²) in [5, 5.41) is 3.29. The van der Waals surface area contributed by atoms with E-state index in [0.717, 1.165) is 25.1 Å². The van der Waals surface area contributed by atoms with Crippen LogP contribution in [0.4, 0.5) is 0 Å². The first-order chi connectivity index (χ1) is 6.24. The van der Waals surface area contributed by atoms with Gasteiger partial charge in [0.1, 0.15) is 0 Å². The zero-order valence-corrected chi connectivity index (χ0v) is 9.06. The molecule has 1 nitrogen and oxygen atoms in total. The number of rotatable bonds is 6. The van der Waals surface area contributed by atoms with Crippen LogP contribution in [0.25, 0.3) is 0 Å². The highest BCUT2D eigenvalue weighted by molar-refractivity contribution is 5.17. The van der Waals surface area contributed by atoms with Crippen molar-refractivity contribution >= 4 is 0 Å². The first kappa shape index (κ1) is 12.0. The van der Waals surface area contributed by atoms with Crippen LogP contribution in [-0.4, -0.2) is 6.54 Å². The zero-order chi connectivity index (χ0) is 10.1. The molecule has 0 atom stereocenters. The quantitative estimate of drug-likeness (QED) is 0.616. The van der Waals surface area contributed by atoms with E-state index in [4.69, 9.17) is 0 Å². The van der Waals surface area contributed by atoms with Crippen LogP contribution in [0.5, 0.6) is 0 Å². The van der Waals surface area contributed by atoms with Crippen molar-refractivity contribution in [3.63, 3.8) is 0 Å². The fourth-order valence-corrected chi connectivity index (χ4v) is 1.05. The van der Waals surface area contributed by atoms with Gasteiger partial charge < -0.3 is 5.32 Å². The van der Waals surface area contributed by atoms with Gasteiger partial charge in [-0.25, -0.2) is 0 Å². The molecule has 13 heavy (non-hydrogen) atoms. The smallest absolute Gasteiger partial charge is 0.0184 e. The molecule has 0 spiro atoms. The average Bonchev–Trinajstić information content (AvgIpc) is 2.16. The van der Waals surface area contributed by atoms with Crippen LogP contribution < -0.4 is 5.32 Å². The van der Waals surface area contributed by atoms with Gasteiger partial charge in [0.2, 0.25) is 0 Å². The molecule has 0 rings (SSSR count). The van der Waals surface area contributed by atoms with E-state index in [1.165, 1.54) is 5.57 Å². The summed E-state index contributed by atoms with van der Waals surface area (Å²) in [7, 11) is 0. The first-order valence-electron chi connectivity index (χ1n) is 4.94. The molecule has 0 aliphatic heterocycles. The van der Waals surface area contributed by atoms with Gasteiger partial charge in [0.25, 0.3) is 0 Å². The van der Waals surface area contributed by atoms with Gasteiger partial charge in [-0.15, -0.1) is 0 Å². The number of allylic oxidation sites excluding steroid dienone is 4. The monoisotopic (exact) mass is 179 g/mol. The summed E-state index contributed by atoms with van der Waals surface area (Å²) in [5.74, 6) is 0. The van der Waals surface area contributed by atoms with Crippen LogP contribution in [0.1, 0.15) is 33.6 Å². The highest BCUT2D eigenvalue weighted by Gasteiger charge is 1.91. The third-order valence-corrected chi connectivity index (χ3v) is 1.97. The maximum atomic E-state index is 3.89. The summed E-state index contributed by atoms with van der Waals surface area (Å²) >= 11 is 0. The second-order valence-electron chi connectivity index (χ2n) is 3.00. The molecular formula is C12H21N. The number of nitrogens with one attached hydrogen (secondary N) is 1. The Labute approximate surface area is 82.2 Å². The normalized spacial score (nSPS) is 12.1. The third kappa shape index (κ3) is 6.21. The Morgan fingerprint density at radius 1 is 1.38 bits per heavy atom. The summed E-state index contributed by atoms with van der Waals surface area (Å²) in [6, 6.07) is 0. The molecule has 0 aromatic heterocycles. The van der Waals surface area contributed by atoms with Crippen molar-refractivity contribution in [2.75, 3.05) is 6.54 Å². The summed E-state index contributed by atoms with van der Waals surface area (Å²) in [4.78, 5) is 0. The van der Waals surface area contributed by atoms with E-state index in [0.29, 0.717) is 0 Å². The van der Waals surface area contributed by atoms with Gasteiger partial charge in [0.05, 0.1) is 0 Å². The molecule has 0 saturated heterocycles. The van der Waals surface area contributed by atoms with Crippen LogP contribution in [0.15, 0.2) is 36.1 Å². The lowest BCUT2D eigenvalue weighted by molar-refractivity contribution is 0.762. The van der Waals surface area contributed by atoms with Crippen LogP contribution in [0.2, 0.25) is 0 Å². The van der Waals surface area contributed by atoms with Crippen molar-refractivity contribution in [1.29, 1.82) is 0 Å². The van der Waals surface area contributed by atoms with E-state index in [1.807, 2.05) is 6.92 Å². The molecule has 0 aliphatic carbocycles. The van der Waals surface area contributed by atoms with Crippen molar-refractivity contribution in [2.45, 2.75) is 33.6 Å². The van der Waals surface area contributed by atoms with E-state index in [1.54, 1.807) is 0 Å². The van der Waals surface area contributed by atoms with Crippen LogP contribution >= 0.6 is 0 Å². The molecule has 0 amide bonds. The lowest BCUT2D eigenvalue weighted by Crippen LogP contribution is -2.13. The minimum Gasteiger partial charge on any atom is -0.388 e. The molecule has 1 N–H and O–H groups in total. The molecule has 0 saturated carbocycles. The van der Waals surface area contributed by atoms with Crippen molar-refractivity contribution in [3.05, 3.63) is 36.1 Å². The van der Waals surface area contributed by atoms with Crippen LogP contribution in [-0.2, 0) is 0 Å². The summed E-state index contributed by atoms with van der Waals surface area (Å²) < 4.78 is 0. The maximum absolute atomic E-state index is 3.89. The Kier molecular flexibility index (Phi) is 7.08. The van der Waals surface area contributed by atoms with Crippen LogP contribution in [0, 0.1) is 0 Å². The lowest BCUT2D eigenvalue weighted by atomic mass is 10.1. The molecular weight excluding hydrogens is 158 g/mol. The molecule has 0 heterocycles. The minimum absolute atomic E-state index is 0.983. The van der Waals surface area contributed by atoms with E-state index in [2.05, 4.69) is 44.0 Å². The topological polar surface area (TPSA) is 12.0 Å². The van der Waals surface area contributed by atoms with Gasteiger partial charge in [-0.1, -0.05) is 37.3 Å². The minimum atomic E-state index is 0.983. The molecule has 0 aromatic rings. The second kappa shape index (κ2) is 7.66. The predicted molar refractivity (Wildman–Crippen MR) is 60.6 cm³/mol. The second-order valence-corrected chi connectivity index (χ2v) is 3.00. The summed E-state index contributed by atoms with van der Waals surface area (Å²) in [5.41, 5.74) is 2.50. The molecule has 0 unspecified atom stereocenters. The predicted octanol–water partition coefficient (Wildman–Crippen LogP) is 3.41. The molecule has 0 aliphatic rings.